The lowest BCUT2D eigenvalue weighted by Crippen LogP contribution is -2.20. The van der Waals surface area contributed by atoms with E-state index < -0.39 is 6.03 Å². The number of amides is 3. The summed E-state index contributed by atoms with van der Waals surface area (Å²) in [5.74, 6) is -0.209. The Morgan fingerprint density at radius 1 is 1.00 bits per heavy atom. The molecule has 0 aliphatic heterocycles. The number of nitrogens with one attached hydrogen (secondary N) is 2. The minimum atomic E-state index is -0.613. The lowest BCUT2D eigenvalue weighted by Gasteiger charge is -2.05. The highest BCUT2D eigenvalue weighted by atomic mass is 16.2. The molecule has 3 aromatic rings. The van der Waals surface area contributed by atoms with Crippen molar-refractivity contribution >= 4 is 34.6 Å². The van der Waals surface area contributed by atoms with Crippen LogP contribution in [0.15, 0.2) is 66.7 Å². The molecule has 0 unspecified atom stereocenters. The van der Waals surface area contributed by atoms with Crippen LogP contribution in [-0.4, -0.2) is 16.9 Å². The highest BCUT2D eigenvalue weighted by molar-refractivity contribution is 5.92. The molecule has 0 fully saturated rings. The van der Waals surface area contributed by atoms with Crippen LogP contribution in [0.3, 0.4) is 0 Å². The number of carbonyl (C=O) groups is 2. The number of urea groups is 1. The van der Waals surface area contributed by atoms with E-state index >= 15 is 0 Å². The van der Waals surface area contributed by atoms with Gasteiger partial charge in [-0.15, -0.1) is 0 Å². The van der Waals surface area contributed by atoms with Crippen LogP contribution in [0, 0.1) is 0 Å². The molecular weight excluding hydrogens is 328 g/mol. The zero-order valence-electron chi connectivity index (χ0n) is 14.0. The van der Waals surface area contributed by atoms with Crippen LogP contribution in [0.1, 0.15) is 11.3 Å². The maximum Gasteiger partial charge on any atom is 0.316 e. The molecule has 1 heterocycles. The summed E-state index contributed by atoms with van der Waals surface area (Å²) >= 11 is 0. The summed E-state index contributed by atoms with van der Waals surface area (Å²) < 4.78 is 0. The minimum absolute atomic E-state index is 0.209. The molecule has 6 nitrogen and oxygen atoms in total. The van der Waals surface area contributed by atoms with Crippen LogP contribution in [0.4, 0.5) is 10.5 Å². The van der Waals surface area contributed by atoms with E-state index in [0.717, 1.165) is 22.2 Å². The number of fused-ring (bicyclic) bond motifs is 1. The third kappa shape index (κ3) is 4.67. The number of hydrogen-bond acceptors (Lipinski definition) is 3. The molecule has 26 heavy (non-hydrogen) atoms. The molecule has 0 aliphatic rings. The highest BCUT2D eigenvalue weighted by Gasteiger charge is 2.00. The molecule has 6 heteroatoms. The fourth-order valence-corrected chi connectivity index (χ4v) is 2.43. The molecule has 0 saturated heterocycles. The number of primary amides is 1. The zero-order valence-corrected chi connectivity index (χ0v) is 14.0. The van der Waals surface area contributed by atoms with Crippen molar-refractivity contribution in [3.63, 3.8) is 0 Å². The summed E-state index contributed by atoms with van der Waals surface area (Å²) in [7, 11) is 0. The van der Waals surface area contributed by atoms with Gasteiger partial charge in [-0.05, 0) is 35.9 Å². The SMILES string of the molecule is NC(=O)Nc1ccc(CNC(=O)C=Cc2ccc3ccccc3n2)cc1. The van der Waals surface area contributed by atoms with Gasteiger partial charge in [-0.25, -0.2) is 9.78 Å². The average Bonchev–Trinajstić information content (AvgIpc) is 2.65. The Morgan fingerprint density at radius 2 is 1.77 bits per heavy atom. The first kappa shape index (κ1) is 17.2. The molecule has 3 rings (SSSR count). The lowest BCUT2D eigenvalue weighted by molar-refractivity contribution is -0.116. The Bertz CT molecular complexity index is 965. The Balaban J connectivity index is 1.56. The van der Waals surface area contributed by atoms with Crippen LogP contribution < -0.4 is 16.4 Å². The number of nitrogens with two attached hydrogens (primary N) is 1. The number of nitrogens with zero attached hydrogens (tertiary/aromatic N) is 1. The minimum Gasteiger partial charge on any atom is -0.351 e. The van der Waals surface area contributed by atoms with Gasteiger partial charge in [-0.2, -0.15) is 0 Å². The van der Waals surface area contributed by atoms with Gasteiger partial charge in [0.1, 0.15) is 0 Å². The number of hydrogen-bond donors (Lipinski definition) is 3. The monoisotopic (exact) mass is 346 g/mol. The summed E-state index contributed by atoms with van der Waals surface area (Å²) in [6.07, 6.45) is 3.14. The summed E-state index contributed by atoms with van der Waals surface area (Å²) in [5, 5.41) is 6.34. The largest absolute Gasteiger partial charge is 0.351 e. The van der Waals surface area contributed by atoms with E-state index in [2.05, 4.69) is 15.6 Å². The number of carbonyl (C=O) groups excluding carboxylic acids is 2. The normalized spacial score (nSPS) is 10.8. The molecule has 2 aromatic carbocycles. The van der Waals surface area contributed by atoms with Crippen molar-refractivity contribution in [2.45, 2.75) is 6.54 Å². The van der Waals surface area contributed by atoms with Gasteiger partial charge in [0.05, 0.1) is 11.2 Å². The molecule has 0 bridgehead atoms. The Hall–Kier alpha value is -3.67. The van der Waals surface area contributed by atoms with Crippen LogP contribution in [0.25, 0.3) is 17.0 Å². The number of aromatic nitrogens is 1. The van der Waals surface area contributed by atoms with Gasteiger partial charge in [-0.1, -0.05) is 36.4 Å². The zero-order chi connectivity index (χ0) is 18.4. The fraction of sp³-hybridized carbons (Fsp3) is 0.0500. The smallest absolute Gasteiger partial charge is 0.316 e. The number of para-hydroxylation sites is 1. The van der Waals surface area contributed by atoms with Gasteiger partial charge in [0.15, 0.2) is 0 Å². The van der Waals surface area contributed by atoms with Gasteiger partial charge in [0.25, 0.3) is 0 Å². The quantitative estimate of drug-likeness (QED) is 0.619. The molecule has 0 saturated carbocycles. The second-order valence-electron chi connectivity index (χ2n) is 5.67. The highest BCUT2D eigenvalue weighted by Crippen LogP contribution is 2.12. The summed E-state index contributed by atoms with van der Waals surface area (Å²) in [5.41, 5.74) is 8.18. The number of pyridine rings is 1. The van der Waals surface area contributed by atoms with Crippen LogP contribution in [0.5, 0.6) is 0 Å². The van der Waals surface area contributed by atoms with Crippen molar-refractivity contribution in [2.75, 3.05) is 5.32 Å². The Kier molecular flexibility index (Phi) is 5.24. The molecule has 0 radical (unpaired) electrons. The topological polar surface area (TPSA) is 97.1 Å². The second kappa shape index (κ2) is 7.94. The Morgan fingerprint density at radius 3 is 2.54 bits per heavy atom. The first-order chi connectivity index (χ1) is 12.6. The predicted molar refractivity (Wildman–Crippen MR) is 102 cm³/mol. The van der Waals surface area contributed by atoms with Crippen molar-refractivity contribution in [2.24, 2.45) is 5.73 Å². The molecular formula is C20H18N4O2. The van der Waals surface area contributed by atoms with E-state index in [9.17, 15) is 9.59 Å². The van der Waals surface area contributed by atoms with Gasteiger partial charge in [-0.3, -0.25) is 4.79 Å². The molecule has 3 amide bonds. The van der Waals surface area contributed by atoms with E-state index in [1.165, 1.54) is 6.08 Å². The predicted octanol–water partition coefficient (Wildman–Crippen LogP) is 3.06. The fourth-order valence-electron chi connectivity index (χ4n) is 2.43. The lowest BCUT2D eigenvalue weighted by atomic mass is 10.2. The van der Waals surface area contributed by atoms with Crippen molar-refractivity contribution in [1.82, 2.24) is 10.3 Å². The summed E-state index contributed by atoms with van der Waals surface area (Å²) in [4.78, 5) is 27.2. The van der Waals surface area contributed by atoms with Crippen LogP contribution in [0.2, 0.25) is 0 Å². The van der Waals surface area contributed by atoms with E-state index in [4.69, 9.17) is 5.73 Å². The number of anilines is 1. The van der Waals surface area contributed by atoms with Crippen molar-refractivity contribution in [3.8, 4) is 0 Å². The van der Waals surface area contributed by atoms with E-state index in [1.54, 1.807) is 30.3 Å². The van der Waals surface area contributed by atoms with Gasteiger partial charge in [0.2, 0.25) is 5.91 Å². The van der Waals surface area contributed by atoms with Crippen LogP contribution >= 0.6 is 0 Å². The maximum atomic E-state index is 12.0. The van der Waals surface area contributed by atoms with E-state index in [-0.39, 0.29) is 5.91 Å². The van der Waals surface area contributed by atoms with Gasteiger partial charge < -0.3 is 16.4 Å². The molecule has 0 atom stereocenters. The second-order valence-corrected chi connectivity index (χ2v) is 5.67. The maximum absolute atomic E-state index is 12.0. The van der Waals surface area contributed by atoms with Gasteiger partial charge >= 0.3 is 6.03 Å². The van der Waals surface area contributed by atoms with Crippen LogP contribution in [-0.2, 0) is 11.3 Å². The average molecular weight is 346 g/mol. The third-order valence-electron chi connectivity index (χ3n) is 3.71. The molecule has 0 aliphatic carbocycles. The van der Waals surface area contributed by atoms with Crippen molar-refractivity contribution in [3.05, 3.63) is 78.0 Å². The van der Waals surface area contributed by atoms with Gasteiger partial charge in [0, 0.05) is 23.7 Å². The standard InChI is InChI=1S/C20H18N4O2/c21-20(26)24-17-8-5-14(6-9-17)13-22-19(25)12-11-16-10-7-15-3-1-2-4-18(15)23-16/h1-12H,13H2,(H,22,25)(H3,21,24,26). The Labute approximate surface area is 150 Å². The molecule has 4 N–H and O–H groups in total. The molecule has 1 aromatic heterocycles. The molecule has 0 spiro atoms. The number of benzene rings is 2. The summed E-state index contributed by atoms with van der Waals surface area (Å²) in [6, 6.07) is 18.1. The number of rotatable bonds is 5. The first-order valence-corrected chi connectivity index (χ1v) is 8.07. The third-order valence-corrected chi connectivity index (χ3v) is 3.71. The molecule has 130 valence electrons. The summed E-state index contributed by atoms with van der Waals surface area (Å²) in [6.45, 7) is 0.380. The first-order valence-electron chi connectivity index (χ1n) is 8.07. The van der Waals surface area contributed by atoms with Crippen molar-refractivity contribution < 1.29 is 9.59 Å². The van der Waals surface area contributed by atoms with E-state index in [1.807, 2.05) is 36.4 Å². The van der Waals surface area contributed by atoms with Crippen molar-refractivity contribution in [1.29, 1.82) is 0 Å². The van der Waals surface area contributed by atoms with E-state index in [0.29, 0.717) is 12.2 Å².